The predicted molar refractivity (Wildman–Crippen MR) is 153 cm³/mol. The normalized spacial score (nSPS) is 42.5. The third-order valence-corrected chi connectivity index (χ3v) is 11.1. The molecule has 6 heteroatoms. The molecule has 10 atom stereocenters. The summed E-state index contributed by atoms with van der Waals surface area (Å²) in [6.07, 6.45) is 3.63. The van der Waals surface area contributed by atoms with Gasteiger partial charge in [-0.15, -0.1) is 0 Å². The van der Waals surface area contributed by atoms with E-state index in [0.29, 0.717) is 17.6 Å². The van der Waals surface area contributed by atoms with Crippen LogP contribution in [0.25, 0.3) is 0 Å². The molecule has 2 N–H and O–H groups in total. The van der Waals surface area contributed by atoms with Crippen LogP contribution in [0.15, 0.2) is 48.1 Å². The molecule has 2 saturated carbocycles. The second kappa shape index (κ2) is 10.4. The van der Waals surface area contributed by atoms with Crippen molar-refractivity contribution >= 4 is 11.9 Å². The van der Waals surface area contributed by atoms with Crippen LogP contribution in [-0.2, 0) is 20.7 Å². The Labute approximate surface area is 238 Å². The summed E-state index contributed by atoms with van der Waals surface area (Å²) in [6, 6.07) is 7.68. The molecule has 10 unspecified atom stereocenters. The van der Waals surface area contributed by atoms with Crippen LogP contribution < -0.4 is 0 Å². The Balaban J connectivity index is 1.47. The number of carbonyl (C=O) groups excluding carboxylic acids is 2. The number of carbonyl (C=O) groups is 2. The predicted octanol–water partition coefficient (Wildman–Crippen LogP) is 5.66. The van der Waals surface area contributed by atoms with Gasteiger partial charge in [0.2, 0.25) is 0 Å². The molecule has 0 radical (unpaired) electrons. The maximum Gasteiger partial charge on any atom is 0.338 e. The van der Waals surface area contributed by atoms with E-state index in [1.165, 1.54) is 11.1 Å². The molecule has 40 heavy (non-hydrogen) atoms. The van der Waals surface area contributed by atoms with Crippen molar-refractivity contribution in [1.82, 2.24) is 0 Å². The number of ether oxygens (including phenoxy) is 2. The molecule has 0 bridgehead atoms. The molecule has 0 spiro atoms. The maximum absolute atomic E-state index is 13.3. The van der Waals surface area contributed by atoms with E-state index < -0.39 is 29.7 Å². The Hall–Kier alpha value is -2.44. The third-order valence-electron chi connectivity index (χ3n) is 11.1. The summed E-state index contributed by atoms with van der Waals surface area (Å²) in [5, 5.41) is 23.1. The fourth-order valence-corrected chi connectivity index (χ4v) is 8.81. The van der Waals surface area contributed by atoms with Gasteiger partial charge in [0, 0.05) is 11.8 Å². The van der Waals surface area contributed by atoms with Crippen molar-refractivity contribution in [3.8, 4) is 0 Å². The van der Waals surface area contributed by atoms with Crippen molar-refractivity contribution < 1.29 is 29.3 Å². The molecule has 1 aliphatic heterocycles. The summed E-state index contributed by atoms with van der Waals surface area (Å²) in [5.41, 5.74) is 1.76. The first-order chi connectivity index (χ1) is 18.8. The third kappa shape index (κ3) is 4.56. The molecule has 0 amide bonds. The van der Waals surface area contributed by atoms with Crippen LogP contribution in [0.3, 0.4) is 0 Å². The van der Waals surface area contributed by atoms with Crippen LogP contribution in [-0.4, -0.2) is 46.1 Å². The number of benzene rings is 1. The van der Waals surface area contributed by atoms with Gasteiger partial charge in [-0.3, -0.25) is 0 Å². The first-order valence-electron chi connectivity index (χ1n) is 15.1. The van der Waals surface area contributed by atoms with Gasteiger partial charge in [0.25, 0.3) is 0 Å². The van der Waals surface area contributed by atoms with Crippen molar-refractivity contribution in [2.45, 2.75) is 97.6 Å². The molecule has 1 saturated heterocycles. The maximum atomic E-state index is 13.3. The number of hydrogen-bond acceptors (Lipinski definition) is 6. The summed E-state index contributed by atoms with van der Waals surface area (Å²) in [4.78, 5) is 25.8. The van der Waals surface area contributed by atoms with Crippen LogP contribution >= 0.6 is 0 Å². The van der Waals surface area contributed by atoms with E-state index in [-0.39, 0.29) is 47.1 Å². The van der Waals surface area contributed by atoms with E-state index in [0.717, 1.165) is 25.7 Å². The molecular weight excluding hydrogens is 504 g/mol. The quantitative estimate of drug-likeness (QED) is 0.371. The van der Waals surface area contributed by atoms with E-state index >= 15 is 0 Å². The number of rotatable bonds is 4. The fourth-order valence-electron chi connectivity index (χ4n) is 8.81. The lowest BCUT2D eigenvalue weighted by Crippen LogP contribution is -2.63. The number of hydrogen-bond donors (Lipinski definition) is 2. The molecule has 6 nitrogen and oxygen atoms in total. The Morgan fingerprint density at radius 1 is 1.18 bits per heavy atom. The zero-order valence-corrected chi connectivity index (χ0v) is 24.9. The highest BCUT2D eigenvalue weighted by atomic mass is 16.6. The number of aliphatic hydroxyl groups is 2. The van der Waals surface area contributed by atoms with Crippen LogP contribution in [0.1, 0.15) is 83.1 Å². The smallest absolute Gasteiger partial charge is 0.338 e. The largest absolute Gasteiger partial charge is 0.460 e. The monoisotopic (exact) mass is 550 g/mol. The minimum Gasteiger partial charge on any atom is -0.460 e. The summed E-state index contributed by atoms with van der Waals surface area (Å²) < 4.78 is 11.7. The highest BCUT2D eigenvalue weighted by molar-refractivity contribution is 5.89. The van der Waals surface area contributed by atoms with Gasteiger partial charge in [-0.25, -0.2) is 9.59 Å². The van der Waals surface area contributed by atoms with Crippen molar-refractivity contribution in [2.24, 2.45) is 40.9 Å². The summed E-state index contributed by atoms with van der Waals surface area (Å²) >= 11 is 0. The average molecular weight is 551 g/mol. The van der Waals surface area contributed by atoms with Crippen LogP contribution in [0.5, 0.6) is 0 Å². The number of fused-ring (bicyclic) bond motifs is 3. The Bertz CT molecular complexity index is 1200. The molecule has 3 fully saturated rings. The minimum atomic E-state index is -1.74. The zero-order valence-electron chi connectivity index (χ0n) is 24.9. The van der Waals surface area contributed by atoms with Gasteiger partial charge < -0.3 is 19.7 Å². The van der Waals surface area contributed by atoms with Crippen LogP contribution in [0, 0.1) is 40.9 Å². The number of esters is 2. The first-order valence-corrected chi connectivity index (χ1v) is 15.1. The van der Waals surface area contributed by atoms with E-state index in [1.54, 1.807) is 6.92 Å². The lowest BCUT2D eigenvalue weighted by Gasteiger charge is -2.54. The fraction of sp³-hybridized carbons (Fsp3) is 0.647. The Morgan fingerprint density at radius 3 is 2.48 bits per heavy atom. The summed E-state index contributed by atoms with van der Waals surface area (Å²) in [6.45, 7) is 17.2. The number of allylic oxidation sites excluding steroid dienone is 2. The van der Waals surface area contributed by atoms with Crippen molar-refractivity contribution in [3.63, 3.8) is 0 Å². The van der Waals surface area contributed by atoms with E-state index in [9.17, 15) is 19.8 Å². The van der Waals surface area contributed by atoms with Crippen LogP contribution in [0.2, 0.25) is 0 Å². The standard InChI is InChI=1S/C34H46O6/c1-8-22-10-12-23(13-11-22)31(36)40-28-17-33(7)16-25-19(4)9-14-26-21(6)39-32(37)30(35)34(26,38)20(5)24(25)15-27(33)29(28)18(2)3/h9-13,18,21,24-30,35,38H,5,8,14-17H2,1-4,6-7H3/b19-9-. The van der Waals surface area contributed by atoms with E-state index in [4.69, 9.17) is 9.47 Å². The molecule has 1 heterocycles. The molecule has 4 aliphatic rings. The Morgan fingerprint density at radius 2 is 1.85 bits per heavy atom. The highest BCUT2D eigenvalue weighted by Crippen LogP contribution is 2.63. The van der Waals surface area contributed by atoms with Crippen molar-refractivity contribution in [2.75, 3.05) is 0 Å². The number of aliphatic hydroxyl groups excluding tert-OH is 1. The van der Waals surface area contributed by atoms with Crippen molar-refractivity contribution in [3.05, 3.63) is 59.2 Å². The summed E-state index contributed by atoms with van der Waals surface area (Å²) in [5.74, 6) is -0.825. The summed E-state index contributed by atoms with van der Waals surface area (Å²) in [7, 11) is 0. The second-order valence-electron chi connectivity index (χ2n) is 13.6. The molecule has 0 aromatic heterocycles. The van der Waals surface area contributed by atoms with Crippen molar-refractivity contribution in [1.29, 1.82) is 0 Å². The van der Waals surface area contributed by atoms with Gasteiger partial charge in [0.15, 0.2) is 6.10 Å². The minimum absolute atomic E-state index is 0.0544. The van der Waals surface area contributed by atoms with E-state index in [2.05, 4.69) is 47.3 Å². The Kier molecular flexibility index (Phi) is 7.58. The molecule has 3 aliphatic carbocycles. The second-order valence-corrected chi connectivity index (χ2v) is 13.6. The van der Waals surface area contributed by atoms with Gasteiger partial charge in [0.1, 0.15) is 17.8 Å². The van der Waals surface area contributed by atoms with Gasteiger partial charge in [-0.1, -0.05) is 58.1 Å². The molecule has 218 valence electrons. The zero-order chi connectivity index (χ0) is 29.1. The topological polar surface area (TPSA) is 93.1 Å². The van der Waals surface area contributed by atoms with Gasteiger partial charge >= 0.3 is 11.9 Å². The molecular formula is C34H46O6. The van der Waals surface area contributed by atoms with Gasteiger partial charge in [-0.05, 0) is 98.3 Å². The lowest BCUT2D eigenvalue weighted by molar-refractivity contribution is -0.209. The van der Waals surface area contributed by atoms with Crippen LogP contribution in [0.4, 0.5) is 0 Å². The number of aryl methyl sites for hydroxylation is 1. The first kappa shape index (κ1) is 29.1. The lowest BCUT2D eigenvalue weighted by atomic mass is 9.53. The average Bonchev–Trinajstić information content (AvgIpc) is 3.20. The molecule has 1 aromatic rings. The van der Waals surface area contributed by atoms with Gasteiger partial charge in [0.05, 0.1) is 5.56 Å². The van der Waals surface area contributed by atoms with E-state index in [1.807, 2.05) is 24.3 Å². The van der Waals surface area contributed by atoms with Gasteiger partial charge in [-0.2, -0.15) is 0 Å². The number of cyclic esters (lactones) is 1. The molecule has 1 aromatic carbocycles. The molecule has 5 rings (SSSR count). The highest BCUT2D eigenvalue weighted by Gasteiger charge is 2.62. The SMILES string of the molecule is C=C1C2CC3C(C(C)C)C(OC(=O)c4ccc(CC)cc4)CC3(C)CC2/C(C)=C\CC2C(C)OC(=O)C(O)C12O.